The van der Waals surface area contributed by atoms with E-state index in [1.807, 2.05) is 12.3 Å². The van der Waals surface area contributed by atoms with Crippen LogP contribution in [0.5, 0.6) is 5.75 Å². The zero-order chi connectivity index (χ0) is 12.6. The molecule has 1 N–H and O–H groups in total. The average Bonchev–Trinajstić information content (AvgIpc) is 2.90. The molecule has 0 spiro atoms. The predicted octanol–water partition coefficient (Wildman–Crippen LogP) is 2.88. The number of nitrogens with one attached hydrogen (secondary N) is 1. The van der Waals surface area contributed by atoms with E-state index in [9.17, 15) is 0 Å². The van der Waals surface area contributed by atoms with Crippen LogP contribution in [-0.2, 0) is 0 Å². The molecule has 0 bridgehead atoms. The van der Waals surface area contributed by atoms with Gasteiger partial charge in [0.2, 0.25) is 0 Å². The maximum atomic E-state index is 5.57. The Morgan fingerprint density at radius 3 is 3.22 bits per heavy atom. The molecule has 1 saturated heterocycles. The molecule has 2 heterocycles. The molecular weight excluding hydrogens is 224 g/mol. The number of pyridine rings is 1. The Kier molecular flexibility index (Phi) is 5.21. The second kappa shape index (κ2) is 7.17. The fourth-order valence-corrected chi connectivity index (χ4v) is 2.14. The fourth-order valence-electron chi connectivity index (χ4n) is 2.14. The van der Waals surface area contributed by atoms with Crippen molar-refractivity contribution in [2.24, 2.45) is 5.92 Å². The zero-order valence-electron chi connectivity index (χ0n) is 11.1. The number of hydrogen-bond acceptors (Lipinski definition) is 3. The van der Waals surface area contributed by atoms with E-state index < -0.39 is 0 Å². The van der Waals surface area contributed by atoms with Crippen LogP contribution in [0.15, 0.2) is 24.5 Å². The quantitative estimate of drug-likeness (QED) is 0.838. The summed E-state index contributed by atoms with van der Waals surface area (Å²) in [4.78, 5) is 4.20. The van der Waals surface area contributed by atoms with Crippen LogP contribution in [0.2, 0.25) is 0 Å². The molecule has 1 aliphatic rings. The number of aromatic nitrogens is 1. The van der Waals surface area contributed by atoms with Gasteiger partial charge < -0.3 is 10.1 Å². The van der Waals surface area contributed by atoms with Crippen LogP contribution in [0.1, 0.15) is 31.7 Å². The third-order valence-electron chi connectivity index (χ3n) is 3.15. The Labute approximate surface area is 109 Å². The Morgan fingerprint density at radius 2 is 2.44 bits per heavy atom. The molecule has 0 aliphatic carbocycles. The SMILES string of the molecule is CCCOc1cncc(C=CCC2CCNC2)c1. The van der Waals surface area contributed by atoms with E-state index in [2.05, 4.69) is 29.4 Å². The van der Waals surface area contributed by atoms with Gasteiger partial charge in [0.15, 0.2) is 0 Å². The third-order valence-corrected chi connectivity index (χ3v) is 3.15. The zero-order valence-corrected chi connectivity index (χ0v) is 11.1. The summed E-state index contributed by atoms with van der Waals surface area (Å²) in [6.45, 7) is 5.18. The highest BCUT2D eigenvalue weighted by atomic mass is 16.5. The molecule has 98 valence electrons. The maximum Gasteiger partial charge on any atom is 0.138 e. The van der Waals surface area contributed by atoms with Crippen molar-refractivity contribution in [1.82, 2.24) is 10.3 Å². The fraction of sp³-hybridized carbons (Fsp3) is 0.533. The highest BCUT2D eigenvalue weighted by Gasteiger charge is 2.11. The smallest absolute Gasteiger partial charge is 0.138 e. The van der Waals surface area contributed by atoms with Crippen molar-refractivity contribution < 1.29 is 4.74 Å². The lowest BCUT2D eigenvalue weighted by Gasteiger charge is -2.05. The second-order valence-electron chi connectivity index (χ2n) is 4.80. The molecule has 18 heavy (non-hydrogen) atoms. The molecule has 3 nitrogen and oxygen atoms in total. The summed E-state index contributed by atoms with van der Waals surface area (Å²) >= 11 is 0. The highest BCUT2D eigenvalue weighted by molar-refractivity contribution is 5.49. The van der Waals surface area contributed by atoms with Gasteiger partial charge in [-0.1, -0.05) is 19.1 Å². The number of ether oxygens (including phenoxy) is 1. The first-order valence-electron chi connectivity index (χ1n) is 6.83. The molecule has 0 aromatic carbocycles. The van der Waals surface area contributed by atoms with Crippen molar-refractivity contribution in [3.8, 4) is 5.75 Å². The minimum atomic E-state index is 0.753. The predicted molar refractivity (Wildman–Crippen MR) is 74.7 cm³/mol. The van der Waals surface area contributed by atoms with Crippen molar-refractivity contribution in [3.63, 3.8) is 0 Å². The Morgan fingerprint density at radius 1 is 1.50 bits per heavy atom. The Bertz CT molecular complexity index is 384. The van der Waals surface area contributed by atoms with Gasteiger partial charge in [-0.15, -0.1) is 0 Å². The van der Waals surface area contributed by atoms with Crippen LogP contribution in [-0.4, -0.2) is 24.7 Å². The molecule has 1 aromatic rings. The molecule has 0 amide bonds. The van der Waals surface area contributed by atoms with Crippen LogP contribution in [0.4, 0.5) is 0 Å². The molecule has 1 atom stereocenters. The third kappa shape index (κ3) is 4.15. The number of rotatable bonds is 6. The largest absolute Gasteiger partial charge is 0.492 e. The first-order valence-corrected chi connectivity index (χ1v) is 6.83. The molecule has 3 heteroatoms. The van der Waals surface area contributed by atoms with Gasteiger partial charge in [-0.25, -0.2) is 0 Å². The van der Waals surface area contributed by atoms with Crippen molar-refractivity contribution in [3.05, 3.63) is 30.1 Å². The second-order valence-corrected chi connectivity index (χ2v) is 4.80. The van der Waals surface area contributed by atoms with Gasteiger partial charge in [0, 0.05) is 6.20 Å². The van der Waals surface area contributed by atoms with E-state index in [1.165, 1.54) is 13.0 Å². The van der Waals surface area contributed by atoms with Gasteiger partial charge in [0.05, 0.1) is 12.8 Å². The first kappa shape index (κ1) is 13.1. The molecular formula is C15H22N2O. The standard InChI is InChI=1S/C15H22N2O/c1-2-8-18-15-9-14(11-17-12-15)5-3-4-13-6-7-16-10-13/h3,5,9,11-13,16H,2,4,6-8,10H2,1H3. The Hall–Kier alpha value is -1.35. The van der Waals surface area contributed by atoms with Gasteiger partial charge in [-0.3, -0.25) is 4.98 Å². The summed E-state index contributed by atoms with van der Waals surface area (Å²) < 4.78 is 5.57. The summed E-state index contributed by atoms with van der Waals surface area (Å²) in [6, 6.07) is 2.05. The minimum Gasteiger partial charge on any atom is -0.492 e. The van der Waals surface area contributed by atoms with Crippen molar-refractivity contribution >= 4 is 6.08 Å². The van der Waals surface area contributed by atoms with Crippen molar-refractivity contribution in [2.75, 3.05) is 19.7 Å². The van der Waals surface area contributed by atoms with Gasteiger partial charge >= 0.3 is 0 Å². The van der Waals surface area contributed by atoms with Gasteiger partial charge in [0.1, 0.15) is 5.75 Å². The van der Waals surface area contributed by atoms with E-state index in [1.54, 1.807) is 6.20 Å². The first-order chi connectivity index (χ1) is 8.88. The van der Waals surface area contributed by atoms with E-state index in [0.29, 0.717) is 0 Å². The van der Waals surface area contributed by atoms with Gasteiger partial charge in [-0.05, 0) is 49.9 Å². The van der Waals surface area contributed by atoms with E-state index >= 15 is 0 Å². The minimum absolute atomic E-state index is 0.753. The number of allylic oxidation sites excluding steroid dienone is 1. The van der Waals surface area contributed by atoms with Crippen LogP contribution in [0, 0.1) is 5.92 Å². The van der Waals surface area contributed by atoms with Crippen LogP contribution < -0.4 is 10.1 Å². The highest BCUT2D eigenvalue weighted by Crippen LogP contribution is 2.16. The van der Waals surface area contributed by atoms with Crippen LogP contribution >= 0.6 is 0 Å². The molecule has 2 rings (SSSR count). The van der Waals surface area contributed by atoms with Crippen molar-refractivity contribution in [2.45, 2.75) is 26.2 Å². The van der Waals surface area contributed by atoms with Crippen molar-refractivity contribution in [1.29, 1.82) is 0 Å². The molecule has 1 fully saturated rings. The topological polar surface area (TPSA) is 34.1 Å². The molecule has 0 radical (unpaired) electrons. The lowest BCUT2D eigenvalue weighted by Crippen LogP contribution is -2.08. The molecule has 1 aromatic heterocycles. The molecule has 0 saturated carbocycles. The number of hydrogen-bond donors (Lipinski definition) is 1. The van der Waals surface area contributed by atoms with Crippen LogP contribution in [0.3, 0.4) is 0 Å². The van der Waals surface area contributed by atoms with E-state index in [4.69, 9.17) is 4.74 Å². The number of nitrogens with zero attached hydrogens (tertiary/aromatic N) is 1. The van der Waals surface area contributed by atoms with Gasteiger partial charge in [0.25, 0.3) is 0 Å². The van der Waals surface area contributed by atoms with E-state index in [-0.39, 0.29) is 0 Å². The van der Waals surface area contributed by atoms with Gasteiger partial charge in [-0.2, -0.15) is 0 Å². The lowest BCUT2D eigenvalue weighted by atomic mass is 10.0. The molecule has 1 unspecified atom stereocenters. The summed E-state index contributed by atoms with van der Waals surface area (Å²) in [5.74, 6) is 1.66. The summed E-state index contributed by atoms with van der Waals surface area (Å²) in [5.41, 5.74) is 1.12. The monoisotopic (exact) mass is 246 g/mol. The summed E-state index contributed by atoms with van der Waals surface area (Å²) in [6.07, 6.45) is 11.5. The molecule has 1 aliphatic heterocycles. The normalized spacial score (nSPS) is 19.5. The summed E-state index contributed by atoms with van der Waals surface area (Å²) in [5, 5.41) is 3.39. The average molecular weight is 246 g/mol. The lowest BCUT2D eigenvalue weighted by molar-refractivity contribution is 0.316. The summed E-state index contributed by atoms with van der Waals surface area (Å²) in [7, 11) is 0. The maximum absolute atomic E-state index is 5.57. The van der Waals surface area contributed by atoms with E-state index in [0.717, 1.165) is 43.2 Å². The Balaban J connectivity index is 1.85. The van der Waals surface area contributed by atoms with Crippen LogP contribution in [0.25, 0.3) is 6.08 Å².